The molecular formula is C18H28N2O3. The van der Waals surface area contributed by atoms with Crippen molar-refractivity contribution in [2.45, 2.75) is 46.6 Å². The van der Waals surface area contributed by atoms with E-state index in [1.165, 1.54) is 0 Å². The number of ether oxygens (including phenoxy) is 1. The summed E-state index contributed by atoms with van der Waals surface area (Å²) in [6.45, 7) is 8.52. The number of hydrogen-bond acceptors (Lipinski definition) is 3. The number of amides is 2. The fourth-order valence-electron chi connectivity index (χ4n) is 2.50. The number of nitrogens with one attached hydrogen (secondary N) is 2. The van der Waals surface area contributed by atoms with Crippen molar-refractivity contribution in [3.8, 4) is 0 Å². The molecule has 0 saturated heterocycles. The van der Waals surface area contributed by atoms with Gasteiger partial charge >= 0.3 is 0 Å². The minimum atomic E-state index is -0.208. The van der Waals surface area contributed by atoms with Crippen LogP contribution >= 0.6 is 0 Å². The van der Waals surface area contributed by atoms with Crippen molar-refractivity contribution in [3.63, 3.8) is 0 Å². The quantitative estimate of drug-likeness (QED) is 0.773. The Kier molecular flexibility index (Phi) is 7.75. The van der Waals surface area contributed by atoms with E-state index in [-0.39, 0.29) is 24.3 Å². The van der Waals surface area contributed by atoms with Gasteiger partial charge in [-0.1, -0.05) is 26.0 Å². The second-order valence-corrected chi connectivity index (χ2v) is 6.19. The molecule has 23 heavy (non-hydrogen) atoms. The van der Waals surface area contributed by atoms with Gasteiger partial charge in [-0.2, -0.15) is 0 Å². The Morgan fingerprint density at radius 1 is 1.22 bits per heavy atom. The zero-order valence-corrected chi connectivity index (χ0v) is 14.7. The highest BCUT2D eigenvalue weighted by Gasteiger charge is 2.15. The van der Waals surface area contributed by atoms with Crippen LogP contribution in [0.25, 0.3) is 0 Å². The fourth-order valence-corrected chi connectivity index (χ4v) is 2.50. The van der Waals surface area contributed by atoms with Gasteiger partial charge in [0.05, 0.1) is 30.4 Å². The zero-order chi connectivity index (χ0) is 17.4. The van der Waals surface area contributed by atoms with Gasteiger partial charge in [0.25, 0.3) is 5.91 Å². The van der Waals surface area contributed by atoms with Crippen molar-refractivity contribution in [2.75, 3.05) is 19.0 Å². The van der Waals surface area contributed by atoms with E-state index >= 15 is 0 Å². The van der Waals surface area contributed by atoms with E-state index in [4.69, 9.17) is 4.74 Å². The number of carbonyl (C=O) groups is 2. The van der Waals surface area contributed by atoms with Gasteiger partial charge in [-0.05, 0) is 37.8 Å². The van der Waals surface area contributed by atoms with Crippen LogP contribution in [0.4, 0.5) is 5.69 Å². The molecule has 0 radical (unpaired) electrons. The van der Waals surface area contributed by atoms with E-state index < -0.39 is 0 Å². The summed E-state index contributed by atoms with van der Waals surface area (Å²) in [6.07, 6.45) is 1.38. The van der Waals surface area contributed by atoms with E-state index in [1.54, 1.807) is 13.1 Å². The third-order valence-electron chi connectivity index (χ3n) is 3.54. The van der Waals surface area contributed by atoms with Gasteiger partial charge in [-0.15, -0.1) is 0 Å². The third-order valence-corrected chi connectivity index (χ3v) is 3.54. The molecule has 2 amide bonds. The fraction of sp³-hybridized carbons (Fsp3) is 0.556. The Bertz CT molecular complexity index is 541. The van der Waals surface area contributed by atoms with E-state index in [2.05, 4.69) is 24.5 Å². The lowest BCUT2D eigenvalue weighted by Crippen LogP contribution is -2.23. The summed E-state index contributed by atoms with van der Waals surface area (Å²) >= 11 is 0. The largest absolute Gasteiger partial charge is 0.378 e. The molecule has 1 atom stereocenters. The van der Waals surface area contributed by atoms with E-state index in [9.17, 15) is 9.59 Å². The Hall–Kier alpha value is -1.88. The summed E-state index contributed by atoms with van der Waals surface area (Å²) < 4.78 is 5.64. The number of rotatable bonds is 8. The lowest BCUT2D eigenvalue weighted by atomic mass is 10.1. The second-order valence-electron chi connectivity index (χ2n) is 6.19. The molecular weight excluding hydrogens is 292 g/mol. The normalized spacial score (nSPS) is 12.1. The van der Waals surface area contributed by atoms with Crippen LogP contribution in [0.2, 0.25) is 0 Å². The molecule has 1 rings (SSSR count). The molecule has 128 valence electrons. The van der Waals surface area contributed by atoms with Crippen LogP contribution in [0.15, 0.2) is 18.2 Å². The Labute approximate surface area is 138 Å². The molecule has 0 aromatic heterocycles. The highest BCUT2D eigenvalue weighted by molar-refractivity contribution is 6.04. The summed E-state index contributed by atoms with van der Waals surface area (Å²) in [6, 6.07) is 5.40. The van der Waals surface area contributed by atoms with Crippen molar-refractivity contribution in [2.24, 2.45) is 5.92 Å². The molecule has 0 bridgehead atoms. The zero-order valence-electron chi connectivity index (χ0n) is 14.7. The molecule has 0 aliphatic rings. The van der Waals surface area contributed by atoms with Crippen LogP contribution in [0.1, 0.15) is 49.5 Å². The number of benzene rings is 1. The molecule has 0 fully saturated rings. The predicted octanol–water partition coefficient (Wildman–Crippen LogP) is 3.13. The number of carbonyl (C=O) groups excluding carboxylic acids is 2. The monoisotopic (exact) mass is 320 g/mol. The Balaban J connectivity index is 2.58. The average molecular weight is 320 g/mol. The Morgan fingerprint density at radius 2 is 1.91 bits per heavy atom. The molecule has 0 spiro atoms. The topological polar surface area (TPSA) is 67.4 Å². The van der Waals surface area contributed by atoms with Crippen molar-refractivity contribution >= 4 is 17.5 Å². The molecule has 0 aliphatic heterocycles. The lowest BCUT2D eigenvalue weighted by molar-refractivity contribution is -0.117. The minimum absolute atomic E-state index is 0.142. The highest BCUT2D eigenvalue weighted by atomic mass is 16.5. The van der Waals surface area contributed by atoms with Gasteiger partial charge in [0, 0.05) is 7.05 Å². The van der Waals surface area contributed by atoms with E-state index in [0.717, 1.165) is 12.0 Å². The number of anilines is 1. The van der Waals surface area contributed by atoms with Gasteiger partial charge in [0.1, 0.15) is 0 Å². The first-order valence-electron chi connectivity index (χ1n) is 8.08. The van der Waals surface area contributed by atoms with Gasteiger partial charge < -0.3 is 15.4 Å². The average Bonchev–Trinajstić information content (AvgIpc) is 2.46. The summed E-state index contributed by atoms with van der Waals surface area (Å²) in [5.74, 6) is 0.207. The van der Waals surface area contributed by atoms with Crippen LogP contribution in [0.5, 0.6) is 0 Å². The molecule has 0 heterocycles. The first kappa shape index (κ1) is 19.2. The van der Waals surface area contributed by atoms with Crippen molar-refractivity contribution in [1.82, 2.24) is 5.32 Å². The smallest absolute Gasteiger partial charge is 0.253 e. The maximum absolute atomic E-state index is 12.1. The molecule has 0 saturated carbocycles. The van der Waals surface area contributed by atoms with Crippen molar-refractivity contribution < 1.29 is 14.3 Å². The molecule has 1 aromatic carbocycles. The summed E-state index contributed by atoms with van der Waals surface area (Å²) in [7, 11) is 1.57. The number of hydrogen-bond donors (Lipinski definition) is 2. The van der Waals surface area contributed by atoms with E-state index in [0.29, 0.717) is 23.8 Å². The standard InChI is InChI=1S/C18H28N2O3/c1-12(2)11-14(4)23-10-9-16(21)20-15-8-6-7-13(3)17(15)18(22)19-5/h6-8,12,14H,9-11H2,1-5H3,(H,19,22)(H,20,21)/t14-/m1/s1. The molecule has 5 nitrogen and oxygen atoms in total. The predicted molar refractivity (Wildman–Crippen MR) is 92.7 cm³/mol. The van der Waals surface area contributed by atoms with Crippen LogP contribution < -0.4 is 10.6 Å². The molecule has 0 aliphatic carbocycles. The minimum Gasteiger partial charge on any atom is -0.378 e. The first-order chi connectivity index (χ1) is 10.8. The lowest BCUT2D eigenvalue weighted by Gasteiger charge is -2.15. The van der Waals surface area contributed by atoms with E-state index in [1.807, 2.05) is 26.0 Å². The van der Waals surface area contributed by atoms with Gasteiger partial charge in [-0.3, -0.25) is 9.59 Å². The molecule has 1 aromatic rings. The van der Waals surface area contributed by atoms with Crippen LogP contribution in [-0.2, 0) is 9.53 Å². The second kappa shape index (κ2) is 9.30. The molecule has 0 unspecified atom stereocenters. The first-order valence-corrected chi connectivity index (χ1v) is 8.08. The summed E-state index contributed by atoms with van der Waals surface area (Å²) in [5.41, 5.74) is 1.85. The van der Waals surface area contributed by atoms with Crippen molar-refractivity contribution in [3.05, 3.63) is 29.3 Å². The third kappa shape index (κ3) is 6.40. The van der Waals surface area contributed by atoms with Gasteiger partial charge in [-0.25, -0.2) is 0 Å². The number of aryl methyl sites for hydroxylation is 1. The summed E-state index contributed by atoms with van der Waals surface area (Å²) in [5, 5.41) is 5.40. The van der Waals surface area contributed by atoms with Crippen LogP contribution in [0, 0.1) is 12.8 Å². The van der Waals surface area contributed by atoms with Gasteiger partial charge in [0.15, 0.2) is 0 Å². The maximum Gasteiger partial charge on any atom is 0.253 e. The van der Waals surface area contributed by atoms with Crippen molar-refractivity contribution in [1.29, 1.82) is 0 Å². The Morgan fingerprint density at radius 3 is 2.52 bits per heavy atom. The molecule has 2 N–H and O–H groups in total. The van der Waals surface area contributed by atoms with Crippen LogP contribution in [0.3, 0.4) is 0 Å². The highest BCUT2D eigenvalue weighted by Crippen LogP contribution is 2.19. The molecule has 5 heteroatoms. The van der Waals surface area contributed by atoms with Crippen LogP contribution in [-0.4, -0.2) is 31.6 Å². The van der Waals surface area contributed by atoms with Gasteiger partial charge in [0.2, 0.25) is 5.91 Å². The maximum atomic E-state index is 12.1. The SMILES string of the molecule is CNC(=O)c1c(C)cccc1NC(=O)CCO[C@H](C)CC(C)C. The summed E-state index contributed by atoms with van der Waals surface area (Å²) in [4.78, 5) is 24.0.